The van der Waals surface area contributed by atoms with E-state index >= 15 is 0 Å². The van der Waals surface area contributed by atoms with Gasteiger partial charge in [-0.1, -0.05) is 113 Å². The highest BCUT2D eigenvalue weighted by atomic mass is 14.3. The maximum Gasteiger partial charge on any atom is -0.00195 e. The normalized spacial score (nSPS) is 12.6. The van der Waals surface area contributed by atoms with Crippen molar-refractivity contribution in [3.05, 3.63) is 155 Å². The molecule has 0 heteroatoms. The van der Waals surface area contributed by atoms with Crippen LogP contribution in [0.2, 0.25) is 0 Å². The van der Waals surface area contributed by atoms with Gasteiger partial charge < -0.3 is 0 Å². The van der Waals surface area contributed by atoms with Gasteiger partial charge >= 0.3 is 0 Å². The van der Waals surface area contributed by atoms with Gasteiger partial charge in [0.15, 0.2) is 0 Å². The van der Waals surface area contributed by atoms with E-state index in [1.54, 1.807) is 0 Å². The molecule has 0 bridgehead atoms. The van der Waals surface area contributed by atoms with E-state index in [0.717, 1.165) is 0 Å². The third kappa shape index (κ3) is 4.53. The van der Waals surface area contributed by atoms with E-state index in [-0.39, 0.29) is 0 Å². The summed E-state index contributed by atoms with van der Waals surface area (Å²) in [7, 11) is 0. The van der Waals surface area contributed by atoms with Crippen molar-refractivity contribution < 1.29 is 0 Å². The van der Waals surface area contributed by atoms with E-state index in [1.807, 2.05) is 0 Å². The Labute approximate surface area is 329 Å². The molecule has 0 atom stereocenters. The minimum absolute atomic E-state index is 0.461. The molecule has 0 N–H and O–H groups in total. The summed E-state index contributed by atoms with van der Waals surface area (Å²) in [6.45, 7) is 18.3. The lowest BCUT2D eigenvalue weighted by Crippen LogP contribution is -1.90. The van der Waals surface area contributed by atoms with Crippen LogP contribution >= 0.6 is 0 Å². The van der Waals surface area contributed by atoms with Gasteiger partial charge in [0.05, 0.1) is 0 Å². The van der Waals surface area contributed by atoms with Gasteiger partial charge in [0.2, 0.25) is 0 Å². The van der Waals surface area contributed by atoms with Crippen molar-refractivity contribution in [2.75, 3.05) is 0 Å². The number of fused-ring (bicyclic) bond motifs is 11. The summed E-state index contributed by atoms with van der Waals surface area (Å²) in [6.07, 6.45) is 0. The predicted molar refractivity (Wildman–Crippen MR) is 247 cm³/mol. The second-order valence-electron chi connectivity index (χ2n) is 17.4. The molecule has 0 heterocycles. The fraction of sp³-hybridized carbons (Fsp3) is 0.179. The van der Waals surface area contributed by atoms with Crippen LogP contribution in [0.1, 0.15) is 72.9 Å². The Morgan fingerprint density at radius 3 is 0.911 bits per heavy atom. The zero-order valence-corrected chi connectivity index (χ0v) is 33.7. The number of hydrogen-bond donors (Lipinski definition) is 0. The van der Waals surface area contributed by atoms with Crippen molar-refractivity contribution in [2.24, 2.45) is 0 Å². The zero-order chi connectivity index (χ0) is 38.3. The van der Waals surface area contributed by atoms with Crippen LogP contribution in [0, 0.1) is 27.7 Å². The molecule has 0 aliphatic heterocycles. The maximum absolute atomic E-state index is 2.54. The van der Waals surface area contributed by atoms with Crippen LogP contribution in [-0.4, -0.2) is 0 Å². The first-order valence-corrected chi connectivity index (χ1v) is 20.5. The highest BCUT2D eigenvalue weighted by Crippen LogP contribution is 2.50. The van der Waals surface area contributed by atoms with Crippen molar-refractivity contribution in [1.29, 1.82) is 0 Å². The first kappa shape index (κ1) is 33.4. The lowest BCUT2D eigenvalue weighted by Gasteiger charge is -2.16. The largest absolute Gasteiger partial charge is 0.0617 e. The van der Waals surface area contributed by atoms with Crippen molar-refractivity contribution in [3.63, 3.8) is 0 Å². The van der Waals surface area contributed by atoms with Gasteiger partial charge in [-0.05, 0) is 218 Å². The summed E-state index contributed by atoms with van der Waals surface area (Å²) < 4.78 is 0. The minimum atomic E-state index is 0.461. The molecule has 0 amide bonds. The maximum atomic E-state index is 2.54. The SMILES string of the molecule is Cc1cccc(C)c1-c1cc2c3ccc4c(cc5c6ccc(C(C)C)cc6c6cc(-c7c(C)cccc7C)cc4c65)c3cc3c4ccc(C(C)C)cc4c(c1)c23. The molecule has 0 fully saturated rings. The van der Waals surface area contributed by atoms with Gasteiger partial charge in [0, 0.05) is 0 Å². The first-order chi connectivity index (χ1) is 27.1. The highest BCUT2D eigenvalue weighted by Gasteiger charge is 2.22. The van der Waals surface area contributed by atoms with Crippen molar-refractivity contribution in [3.8, 4) is 22.3 Å². The van der Waals surface area contributed by atoms with Gasteiger partial charge in [0.1, 0.15) is 0 Å². The summed E-state index contributed by atoms with van der Waals surface area (Å²) in [5.74, 6) is 0.923. The molecule has 56 heavy (non-hydrogen) atoms. The molecular formula is C56H46. The standard InChI is InChI=1S/C56H46/c1-29(2)35-15-17-39-43(21-35)49-25-37(53-31(5)11-9-12-32(53)6)23-47-41-19-20-42-46(45(41)27-51(39)55(47)49)28-52-40-18-16-36(30(3)4)22-44(40)50-26-38(24-48(42)56(50)52)54-33(7)13-10-14-34(54)8/h9-30H,1-8H3. The van der Waals surface area contributed by atoms with E-state index in [9.17, 15) is 0 Å². The molecule has 0 aromatic heterocycles. The topological polar surface area (TPSA) is 0 Å². The molecule has 0 saturated carbocycles. The lowest BCUT2D eigenvalue weighted by atomic mass is 9.88. The first-order valence-electron chi connectivity index (χ1n) is 20.5. The number of rotatable bonds is 4. The third-order valence-corrected chi connectivity index (χ3v) is 13.4. The van der Waals surface area contributed by atoms with Gasteiger partial charge in [0.25, 0.3) is 0 Å². The van der Waals surface area contributed by atoms with Crippen molar-refractivity contribution in [2.45, 2.75) is 67.2 Å². The summed E-state index contributed by atoms with van der Waals surface area (Å²) in [6, 6.07) is 47.8. The molecule has 0 spiro atoms. The second-order valence-corrected chi connectivity index (χ2v) is 17.4. The van der Waals surface area contributed by atoms with Gasteiger partial charge in [-0.15, -0.1) is 0 Å². The monoisotopic (exact) mass is 718 g/mol. The van der Waals surface area contributed by atoms with Crippen molar-refractivity contribution in [1.82, 2.24) is 0 Å². The molecule has 0 saturated heterocycles. The average molecular weight is 719 g/mol. The van der Waals surface area contributed by atoms with E-state index in [2.05, 4.69) is 177 Å². The average Bonchev–Trinajstić information content (AvgIpc) is 3.67. The number of benzene rings is 9. The molecule has 11 aromatic rings. The highest BCUT2D eigenvalue weighted by molar-refractivity contribution is 6.40. The van der Waals surface area contributed by atoms with Gasteiger partial charge in [-0.2, -0.15) is 0 Å². The molecule has 11 aromatic carbocycles. The fourth-order valence-electron chi connectivity index (χ4n) is 10.6. The molecule has 11 rings (SSSR count). The molecular weight excluding hydrogens is 673 g/mol. The zero-order valence-electron chi connectivity index (χ0n) is 33.7. The van der Waals surface area contributed by atoms with E-state index < -0.39 is 0 Å². The van der Waals surface area contributed by atoms with Gasteiger partial charge in [-0.3, -0.25) is 0 Å². The quantitative estimate of drug-likeness (QED) is 0.159. The van der Waals surface area contributed by atoms with Crippen molar-refractivity contribution >= 4 is 86.2 Å². The van der Waals surface area contributed by atoms with Gasteiger partial charge in [-0.25, -0.2) is 0 Å². The van der Waals surface area contributed by atoms with Crippen LogP contribution in [0.25, 0.3) is 108 Å². The number of hydrogen-bond acceptors (Lipinski definition) is 0. The lowest BCUT2D eigenvalue weighted by molar-refractivity contribution is 0.869. The minimum Gasteiger partial charge on any atom is -0.0617 e. The van der Waals surface area contributed by atoms with Crippen LogP contribution in [-0.2, 0) is 0 Å². The Balaban J connectivity index is 1.34. The van der Waals surface area contributed by atoms with E-state index in [1.165, 1.54) is 142 Å². The summed E-state index contributed by atoms with van der Waals surface area (Å²) in [5, 5.41) is 21.7. The Kier molecular flexibility index (Phi) is 7.01. The van der Waals surface area contributed by atoms with Crippen LogP contribution in [0.3, 0.4) is 0 Å². The Hall–Kier alpha value is -5.98. The van der Waals surface area contributed by atoms with Crippen LogP contribution in [0.5, 0.6) is 0 Å². The molecule has 0 aliphatic rings. The Morgan fingerprint density at radius 1 is 0.286 bits per heavy atom. The fourth-order valence-corrected chi connectivity index (χ4v) is 10.6. The number of aryl methyl sites for hydroxylation is 4. The van der Waals surface area contributed by atoms with Crippen LogP contribution in [0.4, 0.5) is 0 Å². The summed E-state index contributed by atoms with van der Waals surface area (Å²) in [5.41, 5.74) is 13.4. The smallest absolute Gasteiger partial charge is 0.00195 e. The van der Waals surface area contributed by atoms with Crippen LogP contribution in [0.15, 0.2) is 121 Å². The molecule has 0 aliphatic carbocycles. The van der Waals surface area contributed by atoms with E-state index in [4.69, 9.17) is 0 Å². The Morgan fingerprint density at radius 2 is 0.571 bits per heavy atom. The molecule has 270 valence electrons. The second kappa shape index (κ2) is 11.8. The van der Waals surface area contributed by atoms with Crippen LogP contribution < -0.4 is 0 Å². The molecule has 0 radical (unpaired) electrons. The third-order valence-electron chi connectivity index (χ3n) is 13.4. The summed E-state index contributed by atoms with van der Waals surface area (Å²) in [4.78, 5) is 0. The molecule has 0 unspecified atom stereocenters. The summed E-state index contributed by atoms with van der Waals surface area (Å²) >= 11 is 0. The predicted octanol–water partition coefficient (Wildman–Crippen LogP) is 16.6. The van der Waals surface area contributed by atoms with E-state index in [0.29, 0.717) is 11.8 Å². The molecule has 0 nitrogen and oxygen atoms in total. The Bertz CT molecular complexity index is 3170.